The Morgan fingerprint density at radius 3 is 2.54 bits per heavy atom. The minimum Gasteiger partial charge on any atom is -0.487 e. The van der Waals surface area contributed by atoms with Gasteiger partial charge in [0.1, 0.15) is 18.2 Å². The summed E-state index contributed by atoms with van der Waals surface area (Å²) in [5.41, 5.74) is 7.21. The summed E-state index contributed by atoms with van der Waals surface area (Å²) < 4.78 is 21.9. The molecule has 1 N–H and O–H groups in total. The summed E-state index contributed by atoms with van der Waals surface area (Å²) in [4.78, 5) is 5.74. The molecule has 37 heavy (non-hydrogen) atoms. The minimum absolute atomic E-state index is 0.0573. The second kappa shape index (κ2) is 10.0. The van der Waals surface area contributed by atoms with Crippen molar-refractivity contribution < 1.29 is 14.2 Å². The number of halogens is 1. The quantitative estimate of drug-likeness (QED) is 0.256. The Balaban J connectivity index is 1.31. The van der Waals surface area contributed by atoms with Crippen molar-refractivity contribution in [1.82, 2.24) is 9.55 Å². The maximum atomic E-state index is 13.5. The van der Waals surface area contributed by atoms with E-state index in [0.29, 0.717) is 18.4 Å². The number of hydrogen-bond donors (Lipinski definition) is 1. The van der Waals surface area contributed by atoms with Gasteiger partial charge >= 0.3 is 0 Å². The highest BCUT2D eigenvalue weighted by Gasteiger charge is 2.28. The van der Waals surface area contributed by atoms with E-state index in [0.717, 1.165) is 56.0 Å². The number of benzene rings is 3. The highest BCUT2D eigenvalue weighted by Crippen LogP contribution is 2.47. The minimum atomic E-state index is -0.250. The summed E-state index contributed by atoms with van der Waals surface area (Å²) >= 11 is 1.80. The molecule has 4 nitrogen and oxygen atoms in total. The summed E-state index contributed by atoms with van der Waals surface area (Å²) in [6.45, 7) is 3.10. The third-order valence-corrected chi connectivity index (χ3v) is 8.12. The monoisotopic (exact) mass is 510 g/mol. The molecule has 0 saturated carbocycles. The van der Waals surface area contributed by atoms with Crippen LogP contribution >= 0.6 is 11.8 Å². The van der Waals surface area contributed by atoms with E-state index in [1.54, 1.807) is 23.9 Å². The van der Waals surface area contributed by atoms with E-state index in [1.807, 2.05) is 36.5 Å². The van der Waals surface area contributed by atoms with Gasteiger partial charge in [-0.2, -0.15) is 0 Å². The maximum absolute atomic E-state index is 13.5. The molecular weight excluding hydrogens is 483 g/mol. The van der Waals surface area contributed by atoms with E-state index in [1.165, 1.54) is 17.7 Å². The Labute approximate surface area is 219 Å². The molecule has 1 aliphatic rings. The number of pyridine rings is 1. The van der Waals surface area contributed by atoms with Crippen LogP contribution in [0.4, 0.5) is 4.39 Å². The van der Waals surface area contributed by atoms with Crippen LogP contribution in [0.3, 0.4) is 0 Å². The van der Waals surface area contributed by atoms with Gasteiger partial charge < -0.3 is 14.4 Å². The topological polar surface area (TPSA) is 47.3 Å². The van der Waals surface area contributed by atoms with Gasteiger partial charge in [0.15, 0.2) is 0 Å². The lowest BCUT2D eigenvalue weighted by molar-refractivity contribution is 0.269. The molecule has 0 spiro atoms. The number of aromatic nitrogens is 2. The predicted molar refractivity (Wildman–Crippen MR) is 146 cm³/mol. The molecule has 0 aliphatic carbocycles. The SMILES string of the molecule is CC1Cc2c(OCc3ccc(-c4ccccc4)cn3)ccc3c2c(c(CO)n3Cc2ccc(F)cc2)S1. The van der Waals surface area contributed by atoms with Gasteiger partial charge in [-0.05, 0) is 47.9 Å². The second-order valence-corrected chi connectivity index (χ2v) is 10.9. The largest absolute Gasteiger partial charge is 0.487 e. The molecule has 1 unspecified atom stereocenters. The van der Waals surface area contributed by atoms with Gasteiger partial charge in [0, 0.05) is 39.4 Å². The first-order valence-corrected chi connectivity index (χ1v) is 13.3. The van der Waals surface area contributed by atoms with E-state index in [-0.39, 0.29) is 12.4 Å². The Morgan fingerprint density at radius 1 is 1.00 bits per heavy atom. The first-order valence-electron chi connectivity index (χ1n) is 12.4. The molecule has 1 aliphatic heterocycles. The Hall–Kier alpha value is -3.61. The lowest BCUT2D eigenvalue weighted by atomic mass is 10.0. The van der Waals surface area contributed by atoms with E-state index in [2.05, 4.69) is 40.7 Å². The summed E-state index contributed by atoms with van der Waals surface area (Å²) in [5, 5.41) is 11.9. The van der Waals surface area contributed by atoms with Crippen LogP contribution in [0.5, 0.6) is 5.75 Å². The molecule has 3 heterocycles. The van der Waals surface area contributed by atoms with E-state index in [9.17, 15) is 9.50 Å². The standard InChI is InChI=1S/C31H27FN2O2S/c1-20-15-26-29(36-19-25-12-9-23(16-33-25)22-5-3-2-4-6-22)14-13-27-30(26)31(37-20)28(18-35)34(27)17-21-7-10-24(32)11-8-21/h2-14,16,20,35H,15,17-19H2,1H3. The lowest BCUT2D eigenvalue weighted by Crippen LogP contribution is -2.10. The number of rotatable bonds is 7. The number of thioether (sulfide) groups is 1. The fourth-order valence-corrected chi connectivity index (χ4v) is 6.38. The lowest BCUT2D eigenvalue weighted by Gasteiger charge is -2.22. The van der Waals surface area contributed by atoms with Gasteiger partial charge in [-0.3, -0.25) is 4.98 Å². The molecule has 0 saturated heterocycles. The zero-order chi connectivity index (χ0) is 25.4. The van der Waals surface area contributed by atoms with Gasteiger partial charge in [0.05, 0.1) is 23.5 Å². The van der Waals surface area contributed by atoms with Crippen molar-refractivity contribution in [2.45, 2.75) is 43.2 Å². The molecule has 5 aromatic rings. The van der Waals surface area contributed by atoms with Crippen LogP contribution in [0.2, 0.25) is 0 Å². The number of nitrogens with zero attached hydrogens (tertiary/aromatic N) is 2. The van der Waals surface area contributed by atoms with Crippen molar-refractivity contribution in [3.05, 3.63) is 113 Å². The summed E-state index contributed by atoms with van der Waals surface area (Å²) in [6.07, 6.45) is 2.78. The zero-order valence-electron chi connectivity index (χ0n) is 20.5. The van der Waals surface area contributed by atoms with Crippen LogP contribution in [0.1, 0.15) is 29.4 Å². The third kappa shape index (κ3) is 4.63. The number of aliphatic hydroxyl groups excluding tert-OH is 1. The van der Waals surface area contributed by atoms with Crippen molar-refractivity contribution in [3.63, 3.8) is 0 Å². The molecule has 0 bridgehead atoms. The molecule has 186 valence electrons. The van der Waals surface area contributed by atoms with Crippen LogP contribution in [-0.2, 0) is 26.2 Å². The highest BCUT2D eigenvalue weighted by molar-refractivity contribution is 8.00. The van der Waals surface area contributed by atoms with Crippen molar-refractivity contribution >= 4 is 22.7 Å². The molecule has 1 atom stereocenters. The molecular formula is C31H27FN2O2S. The molecule has 0 amide bonds. The summed E-state index contributed by atoms with van der Waals surface area (Å²) in [7, 11) is 0. The fourth-order valence-electron chi connectivity index (χ4n) is 5.08. The predicted octanol–water partition coefficient (Wildman–Crippen LogP) is 7.00. The first kappa shape index (κ1) is 23.8. The van der Waals surface area contributed by atoms with E-state index < -0.39 is 0 Å². The molecule has 6 rings (SSSR count). The molecule has 0 fully saturated rings. The number of aliphatic hydroxyl groups is 1. The third-order valence-electron chi connectivity index (χ3n) is 6.88. The maximum Gasteiger partial charge on any atom is 0.130 e. The van der Waals surface area contributed by atoms with Crippen molar-refractivity contribution in [1.29, 1.82) is 0 Å². The Morgan fingerprint density at radius 2 is 1.81 bits per heavy atom. The van der Waals surface area contributed by atoms with Gasteiger partial charge in [-0.1, -0.05) is 55.5 Å². The van der Waals surface area contributed by atoms with Crippen molar-refractivity contribution in [2.75, 3.05) is 0 Å². The Kier molecular flexibility index (Phi) is 6.45. The Bertz CT molecular complexity index is 1550. The summed E-state index contributed by atoms with van der Waals surface area (Å²) in [6, 6.07) is 25.0. The summed E-state index contributed by atoms with van der Waals surface area (Å²) in [5.74, 6) is 0.609. The van der Waals surface area contributed by atoms with Gasteiger partial charge in [-0.25, -0.2) is 4.39 Å². The van der Waals surface area contributed by atoms with Gasteiger partial charge in [-0.15, -0.1) is 11.8 Å². The van der Waals surface area contributed by atoms with Crippen LogP contribution < -0.4 is 4.74 Å². The first-order chi connectivity index (χ1) is 18.1. The van der Waals surface area contributed by atoms with Crippen LogP contribution in [0, 0.1) is 5.82 Å². The second-order valence-electron chi connectivity index (χ2n) is 9.41. The molecule has 0 radical (unpaired) electrons. The van der Waals surface area contributed by atoms with Gasteiger partial charge in [0.25, 0.3) is 0 Å². The molecule has 2 aromatic heterocycles. The van der Waals surface area contributed by atoms with Crippen LogP contribution in [-0.4, -0.2) is 19.9 Å². The van der Waals surface area contributed by atoms with E-state index >= 15 is 0 Å². The van der Waals surface area contributed by atoms with E-state index in [4.69, 9.17) is 4.74 Å². The van der Waals surface area contributed by atoms with Crippen molar-refractivity contribution in [3.8, 4) is 16.9 Å². The fraction of sp³-hybridized carbons (Fsp3) is 0.194. The van der Waals surface area contributed by atoms with Gasteiger partial charge in [0.2, 0.25) is 0 Å². The smallest absolute Gasteiger partial charge is 0.130 e. The molecule has 3 aromatic carbocycles. The van der Waals surface area contributed by atoms with Crippen LogP contribution in [0.25, 0.3) is 22.0 Å². The average molecular weight is 511 g/mol. The average Bonchev–Trinajstić information content (AvgIpc) is 3.22. The number of ether oxygens (including phenoxy) is 1. The normalized spacial score (nSPS) is 14.7. The van der Waals surface area contributed by atoms with Crippen molar-refractivity contribution in [2.24, 2.45) is 0 Å². The number of hydrogen-bond acceptors (Lipinski definition) is 4. The zero-order valence-corrected chi connectivity index (χ0v) is 21.3. The molecule has 6 heteroatoms. The highest BCUT2D eigenvalue weighted by atomic mass is 32.2. The van der Waals surface area contributed by atoms with Crippen LogP contribution in [0.15, 0.2) is 90.0 Å².